The van der Waals surface area contributed by atoms with E-state index in [-0.39, 0.29) is 29.4 Å². The Kier molecular flexibility index (Phi) is 6.26. The largest absolute Gasteiger partial charge is 0.460 e. The molecule has 0 fully saturated rings. The van der Waals surface area contributed by atoms with Crippen LogP contribution in [0, 0.1) is 5.82 Å². The molecule has 0 radical (unpaired) electrons. The first-order chi connectivity index (χ1) is 9.62. The summed E-state index contributed by atoms with van der Waals surface area (Å²) in [6.45, 7) is 3.80. The molecule has 0 aliphatic rings. The van der Waals surface area contributed by atoms with Gasteiger partial charge < -0.3 is 9.47 Å². The molecule has 0 amide bonds. The first kappa shape index (κ1) is 18.0. The fourth-order valence-corrected chi connectivity index (χ4v) is 2.93. The van der Waals surface area contributed by atoms with Crippen LogP contribution in [-0.4, -0.2) is 33.7 Å². The van der Waals surface area contributed by atoms with E-state index in [2.05, 4.69) is 15.9 Å². The van der Waals surface area contributed by atoms with E-state index in [1.165, 1.54) is 0 Å². The lowest BCUT2D eigenvalue weighted by Crippen LogP contribution is -2.17. The Hall–Kier alpha value is -1.03. The smallest absolute Gasteiger partial charge is 0.338 e. The zero-order valence-corrected chi connectivity index (χ0v) is 13.8. The second-order valence-corrected chi connectivity index (χ2v) is 6.69. The quantitative estimate of drug-likeness (QED) is 0.596. The van der Waals surface area contributed by atoms with Crippen LogP contribution in [0.3, 0.4) is 0 Å². The van der Waals surface area contributed by atoms with Gasteiger partial charge in [-0.3, -0.25) is 0 Å². The third-order valence-corrected chi connectivity index (χ3v) is 4.31. The highest BCUT2D eigenvalue weighted by Crippen LogP contribution is 2.26. The third kappa shape index (κ3) is 5.34. The van der Waals surface area contributed by atoms with Gasteiger partial charge >= 0.3 is 5.97 Å². The predicted octanol–water partition coefficient (Wildman–Crippen LogP) is 1.82. The van der Waals surface area contributed by atoms with Crippen molar-refractivity contribution >= 4 is 31.9 Å². The Morgan fingerprint density at radius 1 is 1.38 bits per heavy atom. The summed E-state index contributed by atoms with van der Waals surface area (Å²) in [7, 11) is -4.17. The van der Waals surface area contributed by atoms with Crippen molar-refractivity contribution in [3.8, 4) is 0 Å². The van der Waals surface area contributed by atoms with Crippen LogP contribution in [0.1, 0.15) is 24.2 Å². The average Bonchev–Trinajstić information content (AvgIpc) is 2.35. The van der Waals surface area contributed by atoms with Crippen molar-refractivity contribution in [2.45, 2.75) is 24.8 Å². The molecule has 0 saturated heterocycles. The van der Waals surface area contributed by atoms with Gasteiger partial charge in [0.15, 0.2) is 0 Å². The van der Waals surface area contributed by atoms with Crippen LogP contribution < -0.4 is 5.14 Å². The zero-order chi connectivity index (χ0) is 16.2. The molecule has 21 heavy (non-hydrogen) atoms. The molecule has 0 saturated carbocycles. The molecular formula is C12H15BrFNO5S. The van der Waals surface area contributed by atoms with Gasteiger partial charge in [0.25, 0.3) is 0 Å². The number of benzene rings is 1. The standard InChI is InChI=1S/C12H15BrFNO5S/c1-7(2)19-3-4-20-12(16)8-5-9(14)11(13)10(6-8)21(15,17)18/h5-7H,3-4H2,1-2H3,(H2,15,17,18). The predicted molar refractivity (Wildman–Crippen MR) is 76.8 cm³/mol. The molecule has 2 N–H and O–H groups in total. The van der Waals surface area contributed by atoms with Gasteiger partial charge in [-0.1, -0.05) is 0 Å². The van der Waals surface area contributed by atoms with Crippen molar-refractivity contribution in [2.24, 2.45) is 5.14 Å². The average molecular weight is 384 g/mol. The molecule has 0 aromatic heterocycles. The summed E-state index contributed by atoms with van der Waals surface area (Å²) in [5.41, 5.74) is -0.246. The zero-order valence-electron chi connectivity index (χ0n) is 11.4. The molecule has 1 aromatic rings. The second-order valence-electron chi connectivity index (χ2n) is 4.37. The molecule has 0 unspecified atom stereocenters. The van der Waals surface area contributed by atoms with Crippen molar-refractivity contribution in [1.29, 1.82) is 0 Å². The molecule has 1 rings (SSSR count). The van der Waals surface area contributed by atoms with Crippen LogP contribution in [0.5, 0.6) is 0 Å². The molecule has 9 heteroatoms. The number of carbonyl (C=O) groups is 1. The lowest BCUT2D eigenvalue weighted by Gasteiger charge is -2.10. The summed E-state index contributed by atoms with van der Waals surface area (Å²) in [5.74, 6) is -1.79. The summed E-state index contributed by atoms with van der Waals surface area (Å²) in [6.07, 6.45) is -0.0113. The van der Waals surface area contributed by atoms with Crippen molar-refractivity contribution in [2.75, 3.05) is 13.2 Å². The number of esters is 1. The van der Waals surface area contributed by atoms with Crippen LogP contribution in [0.4, 0.5) is 4.39 Å². The Bertz CT molecular complexity index is 633. The maximum atomic E-state index is 13.6. The van der Waals surface area contributed by atoms with Crippen LogP contribution >= 0.6 is 15.9 Å². The van der Waals surface area contributed by atoms with E-state index in [0.29, 0.717) is 0 Å². The topological polar surface area (TPSA) is 95.7 Å². The maximum Gasteiger partial charge on any atom is 0.338 e. The maximum absolute atomic E-state index is 13.6. The van der Waals surface area contributed by atoms with E-state index in [9.17, 15) is 17.6 Å². The summed E-state index contributed by atoms with van der Waals surface area (Å²) < 4.78 is 46.0. The Morgan fingerprint density at radius 3 is 2.52 bits per heavy atom. The van der Waals surface area contributed by atoms with Crippen LogP contribution in [0.2, 0.25) is 0 Å². The molecule has 0 aliphatic carbocycles. The highest BCUT2D eigenvalue weighted by Gasteiger charge is 2.20. The highest BCUT2D eigenvalue weighted by molar-refractivity contribution is 9.10. The normalized spacial score (nSPS) is 11.7. The summed E-state index contributed by atoms with van der Waals surface area (Å²) >= 11 is 2.77. The first-order valence-corrected chi connectivity index (χ1v) is 8.27. The molecule has 0 bridgehead atoms. The Morgan fingerprint density at radius 2 is 2.00 bits per heavy atom. The van der Waals surface area contributed by atoms with Crippen LogP contribution in [0.25, 0.3) is 0 Å². The lowest BCUT2D eigenvalue weighted by molar-refractivity contribution is 0.0176. The van der Waals surface area contributed by atoms with E-state index in [0.717, 1.165) is 12.1 Å². The molecule has 6 nitrogen and oxygen atoms in total. The van der Waals surface area contributed by atoms with Gasteiger partial charge in [0.2, 0.25) is 10.0 Å². The fraction of sp³-hybridized carbons (Fsp3) is 0.417. The SMILES string of the molecule is CC(C)OCCOC(=O)c1cc(F)c(Br)c(S(N)(=O)=O)c1. The minimum atomic E-state index is -4.17. The van der Waals surface area contributed by atoms with Gasteiger partial charge in [0.1, 0.15) is 12.4 Å². The number of carbonyl (C=O) groups excluding carboxylic acids is 1. The molecular weight excluding hydrogens is 369 g/mol. The summed E-state index contributed by atoms with van der Waals surface area (Å²) in [4.78, 5) is 11.2. The number of hydrogen-bond acceptors (Lipinski definition) is 5. The van der Waals surface area contributed by atoms with Crippen molar-refractivity contribution in [3.05, 3.63) is 28.0 Å². The van der Waals surface area contributed by atoms with E-state index in [1.807, 2.05) is 13.8 Å². The van der Waals surface area contributed by atoms with Crippen LogP contribution in [0.15, 0.2) is 21.5 Å². The number of ether oxygens (including phenoxy) is 2. The number of primary sulfonamides is 1. The van der Waals surface area contributed by atoms with E-state index < -0.39 is 26.7 Å². The van der Waals surface area contributed by atoms with Crippen molar-refractivity contribution in [3.63, 3.8) is 0 Å². The van der Waals surface area contributed by atoms with Gasteiger partial charge in [-0.25, -0.2) is 22.7 Å². The number of hydrogen-bond donors (Lipinski definition) is 1. The van der Waals surface area contributed by atoms with Crippen molar-refractivity contribution in [1.82, 2.24) is 0 Å². The van der Waals surface area contributed by atoms with Gasteiger partial charge in [-0.2, -0.15) is 0 Å². The molecule has 0 heterocycles. The number of nitrogens with two attached hydrogens (primary N) is 1. The minimum Gasteiger partial charge on any atom is -0.460 e. The fourth-order valence-electron chi connectivity index (χ4n) is 1.39. The number of rotatable bonds is 6. The monoisotopic (exact) mass is 383 g/mol. The molecule has 0 spiro atoms. The third-order valence-electron chi connectivity index (χ3n) is 2.30. The van der Waals surface area contributed by atoms with Crippen LogP contribution in [-0.2, 0) is 19.5 Å². The molecule has 118 valence electrons. The minimum absolute atomic E-state index is 0.0113. The Labute approximate surface area is 130 Å². The number of halogens is 2. The van der Waals surface area contributed by atoms with Gasteiger partial charge in [0.05, 0.1) is 27.6 Å². The summed E-state index contributed by atoms with van der Waals surface area (Å²) in [5, 5.41) is 4.95. The second kappa shape index (κ2) is 7.30. The summed E-state index contributed by atoms with van der Waals surface area (Å²) in [6, 6.07) is 1.82. The van der Waals surface area contributed by atoms with Gasteiger partial charge in [0, 0.05) is 0 Å². The van der Waals surface area contributed by atoms with Gasteiger partial charge in [-0.15, -0.1) is 0 Å². The molecule has 0 aliphatic heterocycles. The number of sulfonamides is 1. The van der Waals surface area contributed by atoms with E-state index in [4.69, 9.17) is 14.6 Å². The van der Waals surface area contributed by atoms with Crippen molar-refractivity contribution < 1.29 is 27.1 Å². The molecule has 1 aromatic carbocycles. The first-order valence-electron chi connectivity index (χ1n) is 5.93. The van der Waals surface area contributed by atoms with Gasteiger partial charge in [-0.05, 0) is 41.9 Å². The van der Waals surface area contributed by atoms with E-state index in [1.54, 1.807) is 0 Å². The lowest BCUT2D eigenvalue weighted by atomic mass is 10.2. The Balaban J connectivity index is 2.89. The van der Waals surface area contributed by atoms with E-state index >= 15 is 0 Å². The molecule has 0 atom stereocenters. The highest BCUT2D eigenvalue weighted by atomic mass is 79.9.